The molecule has 3 heterocycles. The molecule has 2 amide bonds. The van der Waals surface area contributed by atoms with Gasteiger partial charge in [0.1, 0.15) is 11.4 Å². The van der Waals surface area contributed by atoms with Gasteiger partial charge in [-0.2, -0.15) is 0 Å². The van der Waals surface area contributed by atoms with E-state index in [1.165, 1.54) is 12.1 Å². The molecule has 1 aliphatic rings. The molecule has 55 heavy (non-hydrogen) atoms. The average Bonchev–Trinajstić information content (AvgIpc) is 3.56. The summed E-state index contributed by atoms with van der Waals surface area (Å²) in [5.41, 5.74) is 3.13. The number of carbonyl (C=O) groups is 3. The van der Waals surface area contributed by atoms with Gasteiger partial charge in [0.25, 0.3) is 11.5 Å². The van der Waals surface area contributed by atoms with Crippen LogP contribution in [0.25, 0.3) is 11.0 Å². The number of nitrogens with one attached hydrogen (secondary N) is 1. The van der Waals surface area contributed by atoms with Crippen LogP contribution in [0.2, 0.25) is 0 Å². The number of hydrogen-bond donors (Lipinski definition) is 2. The van der Waals surface area contributed by atoms with Gasteiger partial charge in [-0.1, -0.05) is 69.2 Å². The third-order valence-electron chi connectivity index (χ3n) is 10.1. The molecule has 0 radical (unpaired) electrons. The normalized spacial score (nSPS) is 13.4. The van der Waals surface area contributed by atoms with Crippen molar-refractivity contribution in [1.29, 1.82) is 0 Å². The van der Waals surface area contributed by atoms with Crippen molar-refractivity contribution < 1.29 is 58.5 Å². The van der Waals surface area contributed by atoms with Crippen molar-refractivity contribution in [3.8, 4) is 0 Å². The standard InChI is InChI=1S/C43H59FN4O6.Na/c1-32(49)30-46-42(53)40-36(18-15-13-11-9-7-5-3-2-4-6-8-10-12-14-16-20-39(51)52)41-37(48(43(40)54)27-26-47-25-17-19-38(47)50)29-34(31-45-41)28-33-21-23-35(44)24-22-33;/h2,4,21-24,29,31-32,49H,3,5-20,25-28,30H2,1H3,(H,46,53)(H,51,52);/q;+1/p-1/b4-2-;/t32-;/m1./s1. The number of halogens is 1. The van der Waals surface area contributed by atoms with Crippen LogP contribution in [0.15, 0.2) is 53.5 Å². The number of fused-ring (bicyclic) bond motifs is 1. The number of carbonyl (C=O) groups excluding carboxylic acids is 3. The quantitative estimate of drug-likeness (QED) is 0.0766. The molecule has 3 aromatic rings. The molecule has 1 fully saturated rings. The molecule has 12 heteroatoms. The zero-order chi connectivity index (χ0) is 38.7. The molecule has 0 bridgehead atoms. The number of carboxylic acids is 1. The summed E-state index contributed by atoms with van der Waals surface area (Å²) in [6.07, 6.45) is 21.1. The van der Waals surface area contributed by atoms with Crippen molar-refractivity contribution in [2.45, 2.75) is 135 Å². The van der Waals surface area contributed by atoms with Crippen LogP contribution < -0.4 is 45.5 Å². The number of unbranched alkanes of at least 4 members (excludes halogenated alkanes) is 11. The van der Waals surface area contributed by atoms with E-state index >= 15 is 0 Å². The number of aryl methyl sites for hydroxylation is 1. The van der Waals surface area contributed by atoms with Crippen molar-refractivity contribution in [2.24, 2.45) is 0 Å². The molecular formula is C43H58FN4NaO6. The number of aliphatic hydroxyl groups is 1. The predicted molar refractivity (Wildman–Crippen MR) is 208 cm³/mol. The Labute approximate surface area is 347 Å². The fourth-order valence-corrected chi connectivity index (χ4v) is 7.12. The first-order chi connectivity index (χ1) is 26.1. The first-order valence-electron chi connectivity index (χ1n) is 20.0. The van der Waals surface area contributed by atoms with Crippen LogP contribution in [-0.2, 0) is 29.0 Å². The summed E-state index contributed by atoms with van der Waals surface area (Å²) in [4.78, 5) is 57.5. The van der Waals surface area contributed by atoms with E-state index in [4.69, 9.17) is 4.98 Å². The Bertz CT molecular complexity index is 1760. The third kappa shape index (κ3) is 15.6. The number of benzene rings is 1. The number of rotatable bonds is 25. The second kappa shape index (κ2) is 25.0. The van der Waals surface area contributed by atoms with Crippen LogP contribution in [0.5, 0.6) is 0 Å². The molecule has 1 aromatic carbocycles. The van der Waals surface area contributed by atoms with Gasteiger partial charge in [0.05, 0.1) is 17.1 Å². The van der Waals surface area contributed by atoms with E-state index in [2.05, 4.69) is 17.5 Å². The Kier molecular flexibility index (Phi) is 20.9. The number of aromatic nitrogens is 2. The number of carboxylic acid groups (broad SMARTS) is 1. The number of aliphatic hydroxyl groups excluding tert-OH is 1. The average molecular weight is 769 g/mol. The molecule has 0 saturated carbocycles. The molecule has 10 nitrogen and oxygen atoms in total. The maximum absolute atomic E-state index is 14.3. The van der Waals surface area contributed by atoms with Gasteiger partial charge >= 0.3 is 29.6 Å². The van der Waals surface area contributed by atoms with Gasteiger partial charge in [-0.3, -0.25) is 19.4 Å². The van der Waals surface area contributed by atoms with Gasteiger partial charge in [-0.15, -0.1) is 0 Å². The SMILES string of the molecule is C[C@@H](O)CNC(=O)c1c(CCCCCCCC/C=C\CCCCCCCC(=O)[O-])c2ncc(Cc3ccc(F)cc3)cc2n(CCN2CCCC2=O)c1=O.[Na+]. The van der Waals surface area contributed by atoms with Crippen molar-refractivity contribution in [2.75, 3.05) is 19.6 Å². The topological polar surface area (TPSA) is 145 Å². The second-order valence-electron chi connectivity index (χ2n) is 14.7. The van der Waals surface area contributed by atoms with Crippen molar-refractivity contribution >= 4 is 28.8 Å². The Balaban J connectivity index is 0.00000812. The number of likely N-dealkylation sites (tertiary alicyclic amines) is 1. The fraction of sp³-hybridized carbons (Fsp3) is 0.558. The van der Waals surface area contributed by atoms with Crippen molar-refractivity contribution in [3.05, 3.63) is 87.1 Å². The van der Waals surface area contributed by atoms with Gasteiger partial charge in [0.15, 0.2) is 0 Å². The zero-order valence-corrected chi connectivity index (χ0v) is 35.0. The molecular weight excluding hydrogens is 710 g/mol. The van der Waals surface area contributed by atoms with Gasteiger partial charge in [-0.05, 0) is 106 Å². The molecule has 0 spiro atoms. The second-order valence-corrected chi connectivity index (χ2v) is 14.7. The first kappa shape index (κ1) is 46.0. The summed E-state index contributed by atoms with van der Waals surface area (Å²) in [7, 11) is 0. The van der Waals surface area contributed by atoms with Crippen molar-refractivity contribution in [3.63, 3.8) is 0 Å². The van der Waals surface area contributed by atoms with Crippen LogP contribution in [0.4, 0.5) is 4.39 Å². The number of amides is 2. The Morgan fingerprint density at radius 3 is 2.18 bits per heavy atom. The number of hydrogen-bond acceptors (Lipinski definition) is 7. The van der Waals surface area contributed by atoms with Crippen LogP contribution in [0.3, 0.4) is 0 Å². The maximum atomic E-state index is 14.3. The number of pyridine rings is 2. The van der Waals surface area contributed by atoms with Gasteiger partial charge in [0, 0.05) is 44.8 Å². The van der Waals surface area contributed by atoms with Gasteiger partial charge in [0.2, 0.25) is 5.91 Å². The molecule has 1 saturated heterocycles. The molecule has 2 N–H and O–H groups in total. The van der Waals surface area contributed by atoms with E-state index in [1.807, 2.05) is 6.07 Å². The Morgan fingerprint density at radius 2 is 1.56 bits per heavy atom. The van der Waals surface area contributed by atoms with Crippen LogP contribution in [-0.4, -0.2) is 63.1 Å². The van der Waals surface area contributed by atoms with E-state index in [1.54, 1.807) is 34.7 Å². The minimum atomic E-state index is -0.964. The van der Waals surface area contributed by atoms with E-state index in [9.17, 15) is 33.8 Å². The molecule has 4 rings (SSSR count). The van der Waals surface area contributed by atoms with Crippen LogP contribution >= 0.6 is 0 Å². The monoisotopic (exact) mass is 768 g/mol. The molecule has 2 aromatic heterocycles. The Morgan fingerprint density at radius 1 is 0.927 bits per heavy atom. The summed E-state index contributed by atoms with van der Waals surface area (Å²) in [6, 6.07) is 8.21. The smallest absolute Gasteiger partial charge is 0.550 e. The molecule has 1 atom stereocenters. The molecule has 0 unspecified atom stereocenters. The van der Waals surface area contributed by atoms with E-state index in [-0.39, 0.29) is 66.4 Å². The number of nitrogens with zero attached hydrogens (tertiary/aromatic N) is 3. The number of aliphatic carboxylic acids is 1. The molecule has 0 aliphatic carbocycles. The third-order valence-corrected chi connectivity index (χ3v) is 10.1. The van der Waals surface area contributed by atoms with Gasteiger partial charge < -0.3 is 29.8 Å². The summed E-state index contributed by atoms with van der Waals surface area (Å²) < 4.78 is 15.2. The first-order valence-corrected chi connectivity index (χ1v) is 20.0. The number of allylic oxidation sites excluding steroid dienone is 2. The van der Waals surface area contributed by atoms with E-state index in [0.717, 1.165) is 94.6 Å². The van der Waals surface area contributed by atoms with Gasteiger partial charge in [-0.25, -0.2) is 4.39 Å². The summed E-state index contributed by atoms with van der Waals surface area (Å²) in [5, 5.41) is 23.1. The summed E-state index contributed by atoms with van der Waals surface area (Å²) in [6.45, 7) is 2.77. The van der Waals surface area contributed by atoms with Crippen LogP contribution in [0.1, 0.15) is 137 Å². The largest absolute Gasteiger partial charge is 1.00 e. The van der Waals surface area contributed by atoms with E-state index in [0.29, 0.717) is 55.4 Å². The zero-order valence-electron chi connectivity index (χ0n) is 33.0. The molecule has 1 aliphatic heterocycles. The summed E-state index contributed by atoms with van der Waals surface area (Å²) in [5.74, 6) is -1.76. The minimum absolute atomic E-state index is 0. The summed E-state index contributed by atoms with van der Waals surface area (Å²) >= 11 is 0. The molecule has 294 valence electrons. The Hall–Kier alpha value is -3.38. The van der Waals surface area contributed by atoms with E-state index < -0.39 is 23.5 Å². The fourth-order valence-electron chi connectivity index (χ4n) is 7.12. The minimum Gasteiger partial charge on any atom is -0.550 e. The predicted octanol–water partition coefficient (Wildman–Crippen LogP) is 3.17. The maximum Gasteiger partial charge on any atom is 1.00 e. The van der Waals surface area contributed by atoms with Crippen molar-refractivity contribution in [1.82, 2.24) is 19.8 Å². The van der Waals surface area contributed by atoms with Crippen LogP contribution in [0, 0.1) is 5.82 Å².